The van der Waals surface area contributed by atoms with E-state index in [1.807, 2.05) is 25.1 Å². The van der Waals surface area contributed by atoms with Crippen molar-refractivity contribution in [1.29, 1.82) is 0 Å². The van der Waals surface area contributed by atoms with Crippen LogP contribution in [-0.2, 0) is 0 Å². The minimum Gasteiger partial charge on any atom is -0.494 e. The fraction of sp³-hybridized carbons (Fsp3) is 0.143. The van der Waals surface area contributed by atoms with Crippen molar-refractivity contribution in [3.05, 3.63) is 47.8 Å². The molecule has 0 unspecified atom stereocenters. The van der Waals surface area contributed by atoms with Crippen molar-refractivity contribution < 1.29 is 9.13 Å². The number of hydrogen-bond donors (Lipinski definition) is 1. The fourth-order valence-electron chi connectivity index (χ4n) is 1.75. The van der Waals surface area contributed by atoms with E-state index in [-0.39, 0.29) is 11.6 Å². The summed E-state index contributed by atoms with van der Waals surface area (Å²) in [4.78, 5) is 0. The Labute approximate surface area is 99.8 Å². The van der Waals surface area contributed by atoms with Crippen molar-refractivity contribution in [3.63, 3.8) is 0 Å². The van der Waals surface area contributed by atoms with Crippen LogP contribution >= 0.6 is 0 Å². The van der Waals surface area contributed by atoms with Crippen LogP contribution in [0.1, 0.15) is 5.56 Å². The number of methoxy groups -OCH3 is 1. The topological polar surface area (TPSA) is 35.2 Å². The summed E-state index contributed by atoms with van der Waals surface area (Å²) >= 11 is 0. The van der Waals surface area contributed by atoms with Gasteiger partial charge in [-0.3, -0.25) is 0 Å². The van der Waals surface area contributed by atoms with Crippen molar-refractivity contribution in [2.75, 3.05) is 12.8 Å². The number of nitrogens with two attached hydrogens (primary N) is 1. The van der Waals surface area contributed by atoms with Crippen molar-refractivity contribution in [3.8, 4) is 16.9 Å². The summed E-state index contributed by atoms with van der Waals surface area (Å²) in [5, 5.41) is 0. The highest BCUT2D eigenvalue weighted by Gasteiger charge is 2.07. The largest absolute Gasteiger partial charge is 0.494 e. The van der Waals surface area contributed by atoms with Gasteiger partial charge < -0.3 is 10.5 Å². The summed E-state index contributed by atoms with van der Waals surface area (Å²) in [5.74, 6) is -0.147. The summed E-state index contributed by atoms with van der Waals surface area (Å²) in [6, 6.07) is 10.5. The van der Waals surface area contributed by atoms with Crippen molar-refractivity contribution in [2.24, 2.45) is 0 Å². The molecule has 0 amide bonds. The molecule has 0 aliphatic carbocycles. The van der Waals surface area contributed by atoms with Crippen LogP contribution < -0.4 is 10.5 Å². The normalized spacial score (nSPS) is 10.3. The molecule has 88 valence electrons. The van der Waals surface area contributed by atoms with Gasteiger partial charge in [0.05, 0.1) is 7.11 Å². The first-order chi connectivity index (χ1) is 8.11. The molecule has 2 nitrogen and oxygen atoms in total. The number of anilines is 1. The molecule has 0 atom stereocenters. The van der Waals surface area contributed by atoms with Gasteiger partial charge in [0, 0.05) is 11.3 Å². The zero-order valence-corrected chi connectivity index (χ0v) is 9.83. The zero-order valence-electron chi connectivity index (χ0n) is 9.83. The van der Waals surface area contributed by atoms with Gasteiger partial charge in [-0.05, 0) is 36.8 Å². The Bertz CT molecular complexity index is 552. The van der Waals surface area contributed by atoms with Crippen molar-refractivity contribution >= 4 is 5.69 Å². The second-order valence-corrected chi connectivity index (χ2v) is 3.94. The molecule has 0 aromatic heterocycles. The van der Waals surface area contributed by atoms with Crippen LogP contribution in [0.15, 0.2) is 36.4 Å². The Morgan fingerprint density at radius 2 is 1.88 bits per heavy atom. The average molecular weight is 231 g/mol. The third-order valence-corrected chi connectivity index (χ3v) is 2.67. The molecule has 17 heavy (non-hydrogen) atoms. The van der Waals surface area contributed by atoms with Crippen LogP contribution in [-0.4, -0.2) is 7.11 Å². The van der Waals surface area contributed by atoms with E-state index in [9.17, 15) is 4.39 Å². The molecule has 0 fully saturated rings. The van der Waals surface area contributed by atoms with Gasteiger partial charge in [-0.25, -0.2) is 4.39 Å². The van der Waals surface area contributed by atoms with Crippen LogP contribution in [0.25, 0.3) is 11.1 Å². The molecule has 2 N–H and O–H groups in total. The van der Waals surface area contributed by atoms with Gasteiger partial charge in [0.2, 0.25) is 0 Å². The van der Waals surface area contributed by atoms with Gasteiger partial charge in [-0.15, -0.1) is 0 Å². The maximum atomic E-state index is 13.6. The first-order valence-corrected chi connectivity index (χ1v) is 5.32. The molecule has 2 rings (SSSR count). The van der Waals surface area contributed by atoms with Crippen LogP contribution in [0.4, 0.5) is 10.1 Å². The molecule has 0 spiro atoms. The van der Waals surface area contributed by atoms with E-state index in [4.69, 9.17) is 10.5 Å². The van der Waals surface area contributed by atoms with Crippen LogP contribution in [0, 0.1) is 12.7 Å². The zero-order chi connectivity index (χ0) is 12.4. The van der Waals surface area contributed by atoms with E-state index >= 15 is 0 Å². The van der Waals surface area contributed by atoms with Crippen molar-refractivity contribution in [2.45, 2.75) is 6.92 Å². The Hall–Kier alpha value is -2.03. The highest BCUT2D eigenvalue weighted by molar-refractivity contribution is 5.77. The summed E-state index contributed by atoms with van der Waals surface area (Å²) in [6.07, 6.45) is 0. The number of hydrogen-bond acceptors (Lipinski definition) is 2. The summed E-state index contributed by atoms with van der Waals surface area (Å²) < 4.78 is 18.5. The first kappa shape index (κ1) is 11.5. The summed E-state index contributed by atoms with van der Waals surface area (Å²) in [6.45, 7) is 1.98. The molecule has 0 bridgehead atoms. The quantitative estimate of drug-likeness (QED) is 0.804. The van der Waals surface area contributed by atoms with Gasteiger partial charge in [0.25, 0.3) is 0 Å². The van der Waals surface area contributed by atoms with Gasteiger partial charge in [-0.2, -0.15) is 0 Å². The lowest BCUT2D eigenvalue weighted by Gasteiger charge is -2.09. The van der Waals surface area contributed by atoms with Crippen LogP contribution in [0.5, 0.6) is 5.75 Å². The number of halogens is 1. The molecule has 3 heteroatoms. The van der Waals surface area contributed by atoms with Crippen LogP contribution in [0.3, 0.4) is 0 Å². The van der Waals surface area contributed by atoms with E-state index in [0.717, 1.165) is 16.7 Å². The smallest absolute Gasteiger partial charge is 0.165 e. The summed E-state index contributed by atoms with van der Waals surface area (Å²) in [7, 11) is 1.44. The predicted molar refractivity (Wildman–Crippen MR) is 67.5 cm³/mol. The highest BCUT2D eigenvalue weighted by Crippen LogP contribution is 2.30. The van der Waals surface area contributed by atoms with E-state index in [1.165, 1.54) is 13.2 Å². The average Bonchev–Trinajstić information content (AvgIpc) is 2.32. The number of ether oxygens (including phenoxy) is 1. The third kappa shape index (κ3) is 2.23. The van der Waals surface area contributed by atoms with E-state index in [2.05, 4.69) is 0 Å². The van der Waals surface area contributed by atoms with E-state index < -0.39 is 0 Å². The predicted octanol–water partition coefficient (Wildman–Crippen LogP) is 3.39. The minimum atomic E-state index is -0.383. The molecular weight excluding hydrogens is 217 g/mol. The molecule has 0 aliphatic rings. The van der Waals surface area contributed by atoms with Gasteiger partial charge in [-0.1, -0.05) is 17.7 Å². The van der Waals surface area contributed by atoms with Crippen molar-refractivity contribution in [1.82, 2.24) is 0 Å². The lowest BCUT2D eigenvalue weighted by molar-refractivity contribution is 0.386. The Morgan fingerprint density at radius 1 is 1.12 bits per heavy atom. The Morgan fingerprint density at radius 3 is 2.53 bits per heavy atom. The molecule has 0 aliphatic heterocycles. The Balaban J connectivity index is 2.53. The molecule has 2 aromatic carbocycles. The Kier molecular flexibility index (Phi) is 3.00. The van der Waals surface area contributed by atoms with Gasteiger partial charge in [0.1, 0.15) is 0 Å². The lowest BCUT2D eigenvalue weighted by atomic mass is 10.0. The van der Waals surface area contributed by atoms with Gasteiger partial charge >= 0.3 is 0 Å². The second kappa shape index (κ2) is 4.45. The number of benzene rings is 2. The number of nitrogen functional groups attached to an aromatic ring is 1. The molecule has 0 saturated heterocycles. The molecule has 0 saturated carbocycles. The van der Waals surface area contributed by atoms with Crippen LogP contribution in [0.2, 0.25) is 0 Å². The molecule has 0 radical (unpaired) electrons. The lowest BCUT2D eigenvalue weighted by Crippen LogP contribution is -1.93. The third-order valence-electron chi connectivity index (χ3n) is 2.67. The summed E-state index contributed by atoms with van der Waals surface area (Å²) in [5.41, 5.74) is 9.21. The number of aryl methyl sites for hydroxylation is 1. The maximum absolute atomic E-state index is 13.6. The monoisotopic (exact) mass is 231 g/mol. The highest BCUT2D eigenvalue weighted by atomic mass is 19.1. The SMILES string of the molecule is COc1ccc(-c2cc(C)ccc2N)cc1F. The van der Waals surface area contributed by atoms with E-state index in [1.54, 1.807) is 12.1 Å². The van der Waals surface area contributed by atoms with Gasteiger partial charge in [0.15, 0.2) is 11.6 Å². The molecular formula is C14H14FNO. The maximum Gasteiger partial charge on any atom is 0.165 e. The molecule has 0 heterocycles. The minimum absolute atomic E-state index is 0.236. The first-order valence-electron chi connectivity index (χ1n) is 5.32. The second-order valence-electron chi connectivity index (χ2n) is 3.94. The fourth-order valence-corrected chi connectivity index (χ4v) is 1.75. The standard InChI is InChI=1S/C14H14FNO/c1-9-3-5-13(16)11(7-9)10-4-6-14(17-2)12(15)8-10/h3-8H,16H2,1-2H3. The molecule has 2 aromatic rings. The van der Waals surface area contributed by atoms with E-state index in [0.29, 0.717) is 5.69 Å². The number of rotatable bonds is 2.